The summed E-state index contributed by atoms with van der Waals surface area (Å²) in [5, 5.41) is 0. The number of hydrogen-bond acceptors (Lipinski definition) is 4. The minimum absolute atomic E-state index is 0.594. The van der Waals surface area contributed by atoms with Crippen LogP contribution in [0, 0.1) is 0 Å². The van der Waals surface area contributed by atoms with Crippen molar-refractivity contribution in [1.29, 1.82) is 0 Å². The molecule has 0 unspecified atom stereocenters. The minimum atomic E-state index is 0.594. The van der Waals surface area contributed by atoms with Gasteiger partial charge >= 0.3 is 0 Å². The summed E-state index contributed by atoms with van der Waals surface area (Å²) in [7, 11) is 0. The van der Waals surface area contributed by atoms with Gasteiger partial charge < -0.3 is 0 Å². The second-order valence-electron chi connectivity index (χ2n) is 15.5. The van der Waals surface area contributed by atoms with E-state index in [1.165, 1.54) is 0 Å². The Kier molecular flexibility index (Phi) is 9.80. The maximum atomic E-state index is 5.24. The van der Waals surface area contributed by atoms with Gasteiger partial charge in [-0.3, -0.25) is 4.40 Å². The lowest BCUT2D eigenvalue weighted by Gasteiger charge is -2.13. The lowest BCUT2D eigenvalue weighted by Crippen LogP contribution is -2.01. The Bertz CT molecular complexity index is 3240. The third-order valence-electron chi connectivity index (χ3n) is 11.5. The van der Waals surface area contributed by atoms with Crippen LogP contribution in [0.2, 0.25) is 0 Å². The minimum Gasteiger partial charge on any atom is -0.299 e. The highest BCUT2D eigenvalue weighted by molar-refractivity contribution is 5.86. The van der Waals surface area contributed by atoms with E-state index in [0.29, 0.717) is 17.5 Å². The van der Waals surface area contributed by atoms with Crippen molar-refractivity contribution in [2.75, 3.05) is 0 Å². The lowest BCUT2D eigenvalue weighted by atomic mass is 9.94. The van der Waals surface area contributed by atoms with Crippen LogP contribution < -0.4 is 0 Å². The molecule has 11 rings (SSSR count). The molecule has 0 saturated heterocycles. The lowest BCUT2D eigenvalue weighted by molar-refractivity contribution is 1.07. The second kappa shape index (κ2) is 16.5. The Morgan fingerprint density at radius 3 is 1.14 bits per heavy atom. The fourth-order valence-electron chi connectivity index (χ4n) is 8.28. The van der Waals surface area contributed by atoms with Crippen molar-refractivity contribution in [2.45, 2.75) is 0 Å². The summed E-state index contributed by atoms with van der Waals surface area (Å²) in [6.07, 6.45) is 2.08. The standard InChI is InChI=1S/C58H39N5/c1-5-16-40(17-6-1)43-27-31-46(32-28-43)56-60-57(47-33-29-44(30-34-47)41-18-7-2-8-19-41)62-58(61-56)52-38-50(42-20-9-3-10-21-42)37-51(39-52)48-24-15-25-49(36-48)54-55(45-22-11-4-12-23-45)63-35-14-13-26-53(63)59-54/h1-39H. The van der Waals surface area contributed by atoms with Crippen molar-refractivity contribution in [2.24, 2.45) is 0 Å². The van der Waals surface area contributed by atoms with E-state index in [-0.39, 0.29) is 0 Å². The van der Waals surface area contributed by atoms with Crippen molar-refractivity contribution >= 4 is 5.65 Å². The molecule has 0 N–H and O–H groups in total. The molecule has 0 aliphatic heterocycles. The molecule has 8 aromatic carbocycles. The number of imidazole rings is 1. The fourth-order valence-corrected chi connectivity index (χ4v) is 8.28. The molecule has 0 spiro atoms. The molecular weight excluding hydrogens is 767 g/mol. The van der Waals surface area contributed by atoms with E-state index >= 15 is 0 Å². The van der Waals surface area contributed by atoms with Crippen LogP contribution in [0.5, 0.6) is 0 Å². The van der Waals surface area contributed by atoms with Crippen molar-refractivity contribution in [3.8, 4) is 101 Å². The van der Waals surface area contributed by atoms with E-state index in [4.69, 9.17) is 19.9 Å². The summed E-state index contributed by atoms with van der Waals surface area (Å²) < 4.78 is 2.17. The SMILES string of the molecule is c1ccc(-c2ccc(-c3nc(-c4ccc(-c5ccccc5)cc4)nc(-c4cc(-c5ccccc5)cc(-c5cccc(-c6nc7ccccn7c6-c6ccccc6)c5)c4)n3)cc2)cc1. The zero-order valence-corrected chi connectivity index (χ0v) is 34.3. The van der Waals surface area contributed by atoms with Crippen LogP contribution in [0.3, 0.4) is 0 Å². The molecule has 0 aliphatic carbocycles. The third-order valence-corrected chi connectivity index (χ3v) is 11.5. The van der Waals surface area contributed by atoms with Crippen LogP contribution in [-0.2, 0) is 0 Å². The normalized spacial score (nSPS) is 11.2. The molecule has 296 valence electrons. The van der Waals surface area contributed by atoms with Crippen LogP contribution in [0.15, 0.2) is 237 Å². The summed E-state index contributed by atoms with van der Waals surface area (Å²) in [5.74, 6) is 1.81. The molecule has 0 saturated carbocycles. The van der Waals surface area contributed by atoms with Crippen LogP contribution in [-0.4, -0.2) is 24.3 Å². The monoisotopic (exact) mass is 805 g/mol. The number of pyridine rings is 1. The van der Waals surface area contributed by atoms with Crippen molar-refractivity contribution < 1.29 is 0 Å². The average Bonchev–Trinajstić information content (AvgIpc) is 3.77. The largest absolute Gasteiger partial charge is 0.299 e. The molecule has 0 amide bonds. The maximum absolute atomic E-state index is 5.24. The van der Waals surface area contributed by atoms with Crippen LogP contribution >= 0.6 is 0 Å². The molecule has 3 heterocycles. The molecular formula is C58H39N5. The Morgan fingerprint density at radius 2 is 0.603 bits per heavy atom. The third kappa shape index (κ3) is 7.60. The van der Waals surface area contributed by atoms with Crippen LogP contribution in [0.4, 0.5) is 0 Å². The zero-order valence-electron chi connectivity index (χ0n) is 34.3. The first-order valence-corrected chi connectivity index (χ1v) is 21.1. The molecule has 0 atom stereocenters. The molecule has 5 heteroatoms. The quantitative estimate of drug-likeness (QED) is 0.146. The summed E-state index contributed by atoms with van der Waals surface area (Å²) in [6.45, 7) is 0. The van der Waals surface area contributed by atoms with E-state index in [1.807, 2.05) is 30.3 Å². The fraction of sp³-hybridized carbons (Fsp3) is 0. The van der Waals surface area contributed by atoms with Gasteiger partial charge in [-0.15, -0.1) is 0 Å². The second-order valence-corrected chi connectivity index (χ2v) is 15.5. The topological polar surface area (TPSA) is 56.0 Å². The Hall–Kier alpha value is -8.54. The number of hydrogen-bond donors (Lipinski definition) is 0. The molecule has 0 bridgehead atoms. The summed E-state index contributed by atoms with van der Waals surface area (Å²) >= 11 is 0. The highest BCUT2D eigenvalue weighted by Crippen LogP contribution is 2.38. The number of benzene rings is 8. The first-order chi connectivity index (χ1) is 31.2. The molecule has 0 aliphatic rings. The number of aromatic nitrogens is 5. The van der Waals surface area contributed by atoms with E-state index in [0.717, 1.165) is 89.4 Å². The first kappa shape index (κ1) is 37.5. The first-order valence-electron chi connectivity index (χ1n) is 21.1. The molecule has 11 aromatic rings. The summed E-state index contributed by atoms with van der Waals surface area (Å²) in [4.78, 5) is 20.8. The van der Waals surface area contributed by atoms with E-state index in [1.54, 1.807) is 0 Å². The van der Waals surface area contributed by atoms with Crippen molar-refractivity contribution in [1.82, 2.24) is 24.3 Å². The predicted molar refractivity (Wildman–Crippen MR) is 258 cm³/mol. The van der Waals surface area contributed by atoms with Gasteiger partial charge in [-0.05, 0) is 80.9 Å². The van der Waals surface area contributed by atoms with Gasteiger partial charge in [0.15, 0.2) is 17.5 Å². The Labute approximate surface area is 366 Å². The zero-order chi connectivity index (χ0) is 42.0. The average molecular weight is 806 g/mol. The number of nitrogens with zero attached hydrogens (tertiary/aromatic N) is 5. The van der Waals surface area contributed by atoms with Crippen molar-refractivity contribution in [3.05, 3.63) is 237 Å². The van der Waals surface area contributed by atoms with Crippen LogP contribution in [0.25, 0.3) is 107 Å². The van der Waals surface area contributed by atoms with Gasteiger partial charge in [-0.25, -0.2) is 19.9 Å². The maximum Gasteiger partial charge on any atom is 0.164 e. The number of fused-ring (bicyclic) bond motifs is 1. The van der Waals surface area contributed by atoms with Gasteiger partial charge in [-0.1, -0.05) is 194 Å². The van der Waals surface area contributed by atoms with Gasteiger partial charge in [0.2, 0.25) is 0 Å². The molecule has 0 fully saturated rings. The van der Waals surface area contributed by atoms with E-state index in [9.17, 15) is 0 Å². The molecule has 3 aromatic heterocycles. The van der Waals surface area contributed by atoms with E-state index < -0.39 is 0 Å². The van der Waals surface area contributed by atoms with Crippen LogP contribution in [0.1, 0.15) is 0 Å². The molecule has 0 radical (unpaired) electrons. The Balaban J connectivity index is 1.06. The predicted octanol–water partition coefficient (Wildman–Crippen LogP) is 14.5. The molecule has 63 heavy (non-hydrogen) atoms. The van der Waals surface area contributed by atoms with E-state index in [2.05, 4.69) is 211 Å². The van der Waals surface area contributed by atoms with Gasteiger partial charge in [0.05, 0.1) is 11.4 Å². The smallest absolute Gasteiger partial charge is 0.164 e. The summed E-state index contributed by atoms with van der Waals surface area (Å²) in [6, 6.07) is 80.2. The highest BCUT2D eigenvalue weighted by atomic mass is 15.0. The molecule has 5 nitrogen and oxygen atoms in total. The van der Waals surface area contributed by atoms with Crippen molar-refractivity contribution in [3.63, 3.8) is 0 Å². The van der Waals surface area contributed by atoms with Gasteiger partial charge in [0.25, 0.3) is 0 Å². The number of rotatable bonds is 9. The summed E-state index contributed by atoms with van der Waals surface area (Å²) in [5.41, 5.74) is 16.6. The van der Waals surface area contributed by atoms with Gasteiger partial charge in [0, 0.05) is 34.0 Å². The Morgan fingerprint density at radius 1 is 0.238 bits per heavy atom. The van der Waals surface area contributed by atoms with Gasteiger partial charge in [-0.2, -0.15) is 0 Å². The van der Waals surface area contributed by atoms with Gasteiger partial charge in [0.1, 0.15) is 5.65 Å². The highest BCUT2D eigenvalue weighted by Gasteiger charge is 2.19.